The fourth-order valence-electron chi connectivity index (χ4n) is 5.17. The van der Waals surface area contributed by atoms with E-state index in [-0.39, 0.29) is 0 Å². The first-order valence-corrected chi connectivity index (χ1v) is 7.87. The normalized spacial score (nSPS) is 41.3. The molecule has 2 fully saturated rings. The maximum absolute atomic E-state index is 3.68. The Hall–Kier alpha value is -0.0400. The molecule has 18 heavy (non-hydrogen) atoms. The van der Waals surface area contributed by atoms with E-state index in [1.165, 1.54) is 25.8 Å². The zero-order valence-corrected chi connectivity index (χ0v) is 13.6. The minimum atomic E-state index is 0.546. The van der Waals surface area contributed by atoms with E-state index in [1.54, 1.807) is 0 Å². The van der Waals surface area contributed by atoms with E-state index in [9.17, 15) is 0 Å². The van der Waals surface area contributed by atoms with Crippen LogP contribution in [0.15, 0.2) is 0 Å². The molecule has 0 aromatic carbocycles. The smallest absolute Gasteiger partial charge is 0.00105 e. The summed E-state index contributed by atoms with van der Waals surface area (Å²) in [5, 5.41) is 3.68. The van der Waals surface area contributed by atoms with Gasteiger partial charge in [0.05, 0.1) is 0 Å². The van der Waals surface area contributed by atoms with E-state index in [2.05, 4.69) is 53.8 Å². The quantitative estimate of drug-likeness (QED) is 0.780. The lowest BCUT2D eigenvalue weighted by Gasteiger charge is -2.42. The van der Waals surface area contributed by atoms with Crippen molar-refractivity contribution in [3.63, 3.8) is 0 Å². The van der Waals surface area contributed by atoms with E-state index in [0.29, 0.717) is 22.3 Å². The number of nitrogens with one attached hydrogen (secondary N) is 1. The third-order valence-corrected chi connectivity index (χ3v) is 6.29. The molecule has 2 saturated carbocycles. The summed E-state index contributed by atoms with van der Waals surface area (Å²) < 4.78 is 0. The highest BCUT2D eigenvalue weighted by atomic mass is 14.9. The molecule has 0 radical (unpaired) electrons. The summed E-state index contributed by atoms with van der Waals surface area (Å²) >= 11 is 0. The summed E-state index contributed by atoms with van der Waals surface area (Å²) in [4.78, 5) is 0. The molecule has 0 heterocycles. The minimum Gasteiger partial charge on any atom is -0.314 e. The molecule has 0 aromatic rings. The predicted octanol–water partition coefficient (Wildman–Crippen LogP) is 4.47. The van der Waals surface area contributed by atoms with Crippen LogP contribution < -0.4 is 5.32 Å². The van der Waals surface area contributed by atoms with Crippen LogP contribution in [0, 0.1) is 28.1 Å². The average Bonchev–Trinajstić information content (AvgIpc) is 2.67. The van der Waals surface area contributed by atoms with E-state index in [1.807, 2.05) is 0 Å². The van der Waals surface area contributed by atoms with Gasteiger partial charge < -0.3 is 5.32 Å². The summed E-state index contributed by atoms with van der Waals surface area (Å²) in [6.07, 6.45) is 4.27. The average molecular weight is 251 g/mol. The maximum Gasteiger partial charge on any atom is 0.00105 e. The van der Waals surface area contributed by atoms with Crippen molar-refractivity contribution in [3.8, 4) is 0 Å². The van der Waals surface area contributed by atoms with Gasteiger partial charge in [0.1, 0.15) is 0 Å². The van der Waals surface area contributed by atoms with Crippen molar-refractivity contribution in [1.82, 2.24) is 5.32 Å². The van der Waals surface area contributed by atoms with Crippen LogP contribution in [0.4, 0.5) is 0 Å². The topological polar surface area (TPSA) is 12.0 Å². The van der Waals surface area contributed by atoms with Gasteiger partial charge in [0, 0.05) is 6.04 Å². The minimum absolute atomic E-state index is 0.546. The summed E-state index contributed by atoms with van der Waals surface area (Å²) in [7, 11) is 0. The van der Waals surface area contributed by atoms with E-state index >= 15 is 0 Å². The molecule has 1 nitrogen and oxygen atoms in total. The highest BCUT2D eigenvalue weighted by Crippen LogP contribution is 2.77. The SMILES string of the molecule is CC(C)NCC1C(C)(C)C12CCC(C)(C)CC2C. The van der Waals surface area contributed by atoms with Crippen LogP contribution in [0.1, 0.15) is 67.7 Å². The standard InChI is InChI=1S/C17H33N/c1-12(2)18-11-14-16(6,7)17(14)9-8-15(4,5)10-13(17)3/h12-14,18H,8-11H2,1-7H3. The van der Waals surface area contributed by atoms with E-state index < -0.39 is 0 Å². The van der Waals surface area contributed by atoms with Gasteiger partial charge in [-0.25, -0.2) is 0 Å². The van der Waals surface area contributed by atoms with Gasteiger partial charge in [-0.2, -0.15) is 0 Å². The second kappa shape index (κ2) is 4.23. The maximum atomic E-state index is 3.68. The number of rotatable bonds is 3. The zero-order valence-electron chi connectivity index (χ0n) is 13.6. The van der Waals surface area contributed by atoms with Crippen LogP contribution in [-0.4, -0.2) is 12.6 Å². The monoisotopic (exact) mass is 251 g/mol. The Labute approximate surface area is 114 Å². The third kappa shape index (κ3) is 2.03. The summed E-state index contributed by atoms with van der Waals surface area (Å²) in [5.41, 5.74) is 1.74. The molecular formula is C17H33N. The van der Waals surface area contributed by atoms with Crippen molar-refractivity contribution < 1.29 is 0 Å². The van der Waals surface area contributed by atoms with Gasteiger partial charge in [0.2, 0.25) is 0 Å². The van der Waals surface area contributed by atoms with Crippen molar-refractivity contribution in [2.24, 2.45) is 28.1 Å². The molecule has 2 rings (SSSR count). The van der Waals surface area contributed by atoms with Gasteiger partial charge >= 0.3 is 0 Å². The molecule has 1 N–H and O–H groups in total. The first-order valence-electron chi connectivity index (χ1n) is 7.87. The molecule has 1 spiro atoms. The summed E-state index contributed by atoms with van der Waals surface area (Å²) in [5.74, 6) is 1.77. The molecule has 0 bridgehead atoms. The zero-order chi connectivity index (χ0) is 13.8. The molecule has 2 aliphatic carbocycles. The first kappa shape index (κ1) is 14.4. The van der Waals surface area contributed by atoms with Crippen molar-refractivity contribution >= 4 is 0 Å². The summed E-state index contributed by atoms with van der Waals surface area (Å²) in [6.45, 7) is 18.2. The lowest BCUT2D eigenvalue weighted by molar-refractivity contribution is 0.0816. The predicted molar refractivity (Wildman–Crippen MR) is 79.6 cm³/mol. The molecule has 106 valence electrons. The van der Waals surface area contributed by atoms with Crippen molar-refractivity contribution in [2.45, 2.75) is 73.8 Å². The Morgan fingerprint density at radius 3 is 2.22 bits per heavy atom. The lowest BCUT2D eigenvalue weighted by Crippen LogP contribution is -2.34. The number of hydrogen-bond donors (Lipinski definition) is 1. The van der Waals surface area contributed by atoms with Gasteiger partial charge in [-0.15, -0.1) is 0 Å². The van der Waals surface area contributed by atoms with Crippen LogP contribution in [0.5, 0.6) is 0 Å². The van der Waals surface area contributed by atoms with Gasteiger partial charge in [-0.05, 0) is 53.9 Å². The van der Waals surface area contributed by atoms with Gasteiger partial charge in [-0.1, -0.05) is 48.5 Å². The summed E-state index contributed by atoms with van der Waals surface area (Å²) in [6, 6.07) is 0.619. The molecule has 1 heteroatoms. The molecule has 2 aliphatic rings. The largest absolute Gasteiger partial charge is 0.314 e. The van der Waals surface area contributed by atoms with Gasteiger partial charge in [0.15, 0.2) is 0 Å². The highest BCUT2D eigenvalue weighted by Gasteiger charge is 2.72. The fraction of sp³-hybridized carbons (Fsp3) is 1.00. The fourth-order valence-corrected chi connectivity index (χ4v) is 5.17. The van der Waals surface area contributed by atoms with Crippen molar-refractivity contribution in [1.29, 1.82) is 0 Å². The molecule has 0 aromatic heterocycles. The van der Waals surface area contributed by atoms with Crippen molar-refractivity contribution in [2.75, 3.05) is 6.54 Å². The molecular weight excluding hydrogens is 218 g/mol. The lowest BCUT2D eigenvalue weighted by atomic mass is 9.63. The second-order valence-corrected chi connectivity index (χ2v) is 8.65. The van der Waals surface area contributed by atoms with Gasteiger partial charge in [-0.3, -0.25) is 0 Å². The molecule has 0 saturated heterocycles. The van der Waals surface area contributed by atoms with Gasteiger partial charge in [0.25, 0.3) is 0 Å². The van der Waals surface area contributed by atoms with Crippen LogP contribution in [0.3, 0.4) is 0 Å². The van der Waals surface area contributed by atoms with Crippen LogP contribution >= 0.6 is 0 Å². The van der Waals surface area contributed by atoms with Crippen LogP contribution in [0.2, 0.25) is 0 Å². The third-order valence-electron chi connectivity index (χ3n) is 6.29. The van der Waals surface area contributed by atoms with E-state index in [4.69, 9.17) is 0 Å². The van der Waals surface area contributed by atoms with Crippen LogP contribution in [0.25, 0.3) is 0 Å². The molecule has 0 aliphatic heterocycles. The van der Waals surface area contributed by atoms with E-state index in [0.717, 1.165) is 11.8 Å². The molecule has 3 unspecified atom stereocenters. The highest BCUT2D eigenvalue weighted by molar-refractivity contribution is 5.21. The first-order chi connectivity index (χ1) is 8.13. The Bertz CT molecular complexity index is 316. The number of hydrogen-bond acceptors (Lipinski definition) is 1. The van der Waals surface area contributed by atoms with Crippen molar-refractivity contribution in [3.05, 3.63) is 0 Å². The van der Waals surface area contributed by atoms with Crippen LogP contribution in [-0.2, 0) is 0 Å². The Morgan fingerprint density at radius 1 is 1.11 bits per heavy atom. The Morgan fingerprint density at radius 2 is 1.72 bits per heavy atom. The molecule has 3 atom stereocenters. The Kier molecular flexibility index (Phi) is 3.38. The molecule has 0 amide bonds. The Balaban J connectivity index is 2.08. The second-order valence-electron chi connectivity index (χ2n) is 8.65.